The van der Waals surface area contributed by atoms with Crippen molar-refractivity contribution in [1.29, 1.82) is 0 Å². The topological polar surface area (TPSA) is 95.2 Å². The van der Waals surface area contributed by atoms with Gasteiger partial charge >= 0.3 is 0 Å². The van der Waals surface area contributed by atoms with Crippen LogP contribution in [0, 0.1) is 0 Å². The van der Waals surface area contributed by atoms with Crippen LogP contribution in [0.5, 0.6) is 0 Å². The van der Waals surface area contributed by atoms with Gasteiger partial charge in [-0.25, -0.2) is 0 Å². The molecule has 1 atom stereocenters. The molecule has 2 aromatic carbocycles. The molecule has 184 valence electrons. The van der Waals surface area contributed by atoms with Crippen LogP contribution in [0.3, 0.4) is 0 Å². The van der Waals surface area contributed by atoms with E-state index in [2.05, 4.69) is 63.8 Å². The Kier molecular flexibility index (Phi) is 6.97. The molecular weight excluding hydrogens is 452 g/mol. The minimum atomic E-state index is -0.247. The summed E-state index contributed by atoms with van der Waals surface area (Å²) in [5, 5.41) is 4.86. The van der Waals surface area contributed by atoms with Crippen LogP contribution in [0.15, 0.2) is 95.8 Å². The molecule has 3 heterocycles. The van der Waals surface area contributed by atoms with Crippen molar-refractivity contribution in [2.24, 2.45) is 10.7 Å². The van der Waals surface area contributed by atoms with E-state index in [1.807, 2.05) is 41.7 Å². The van der Waals surface area contributed by atoms with Crippen molar-refractivity contribution in [2.45, 2.75) is 12.5 Å². The first-order chi connectivity index (χ1) is 17.6. The lowest BCUT2D eigenvalue weighted by Gasteiger charge is -2.37. The van der Waals surface area contributed by atoms with E-state index in [4.69, 9.17) is 10.5 Å². The number of amides is 1. The summed E-state index contributed by atoms with van der Waals surface area (Å²) < 4.78 is 5.59. The summed E-state index contributed by atoms with van der Waals surface area (Å²) >= 11 is 0. The van der Waals surface area contributed by atoms with Crippen LogP contribution in [0.25, 0.3) is 5.70 Å². The number of hydrogen-bond donors (Lipinski definition) is 3. The molecule has 0 unspecified atom stereocenters. The average molecular weight is 483 g/mol. The van der Waals surface area contributed by atoms with Gasteiger partial charge in [0.1, 0.15) is 0 Å². The van der Waals surface area contributed by atoms with Gasteiger partial charge in [-0.2, -0.15) is 0 Å². The van der Waals surface area contributed by atoms with Crippen LogP contribution in [-0.4, -0.2) is 49.5 Å². The number of aliphatic imine (C=N–C) groups is 1. The Morgan fingerprint density at radius 3 is 2.89 bits per heavy atom. The number of carbonyl (C=O) groups excluding carboxylic acids is 1. The standard InChI is InChI=1S/C28H30N6O2/c1-2-28(35)31-24-5-3-4-20(14-24)27-15-22-17-30-11-10-21(22)18-34(27)32-23-6-8-25(9-7-23)33-12-13-36-19-26(33)16-29/h2-9,11,14-15,17-18,26,32H,1,10,12-13,16,19,29H2,(H,31,35)/t26-/m0/s1. The number of carbonyl (C=O) groups is 1. The monoisotopic (exact) mass is 482 g/mol. The third kappa shape index (κ3) is 5.10. The first-order valence-electron chi connectivity index (χ1n) is 12.0. The zero-order valence-electron chi connectivity index (χ0n) is 20.1. The molecule has 8 heteroatoms. The van der Waals surface area contributed by atoms with Crippen LogP contribution in [0.2, 0.25) is 0 Å². The van der Waals surface area contributed by atoms with Gasteiger partial charge in [-0.3, -0.25) is 20.2 Å². The Hall–Kier alpha value is -4.14. The Morgan fingerprint density at radius 1 is 1.22 bits per heavy atom. The quantitative estimate of drug-likeness (QED) is 0.518. The van der Waals surface area contributed by atoms with E-state index < -0.39 is 0 Å². The van der Waals surface area contributed by atoms with Crippen molar-refractivity contribution >= 4 is 34.9 Å². The number of rotatable bonds is 7. The number of hydrazine groups is 1. The maximum absolute atomic E-state index is 11.8. The number of nitrogens with zero attached hydrogens (tertiary/aromatic N) is 3. The van der Waals surface area contributed by atoms with Crippen LogP contribution in [0.1, 0.15) is 12.0 Å². The third-order valence-electron chi connectivity index (χ3n) is 6.40. The minimum Gasteiger partial charge on any atom is -0.377 e. The molecule has 3 aliphatic rings. The molecule has 5 rings (SSSR count). The second-order valence-electron chi connectivity index (χ2n) is 8.76. The smallest absolute Gasteiger partial charge is 0.247 e. The second-order valence-corrected chi connectivity index (χ2v) is 8.76. The Balaban J connectivity index is 1.41. The third-order valence-corrected chi connectivity index (χ3v) is 6.40. The van der Waals surface area contributed by atoms with Gasteiger partial charge in [-0.1, -0.05) is 18.7 Å². The largest absolute Gasteiger partial charge is 0.377 e. The van der Waals surface area contributed by atoms with Gasteiger partial charge in [0.15, 0.2) is 0 Å². The summed E-state index contributed by atoms with van der Waals surface area (Å²) in [5.41, 5.74) is 16.4. The molecular formula is C28H30N6O2. The molecule has 3 aliphatic heterocycles. The van der Waals surface area contributed by atoms with E-state index in [-0.39, 0.29) is 11.9 Å². The lowest BCUT2D eigenvalue weighted by Crippen LogP contribution is -2.49. The second kappa shape index (κ2) is 10.6. The molecule has 1 amide bonds. The molecule has 0 aliphatic carbocycles. The fourth-order valence-corrected chi connectivity index (χ4v) is 4.51. The Bertz CT molecular complexity index is 1260. The Labute approximate surface area is 211 Å². The van der Waals surface area contributed by atoms with Gasteiger partial charge < -0.3 is 20.7 Å². The molecule has 1 fully saturated rings. The number of benzene rings is 2. The highest BCUT2D eigenvalue weighted by Gasteiger charge is 2.23. The van der Waals surface area contributed by atoms with Gasteiger partial charge in [-0.15, -0.1) is 0 Å². The van der Waals surface area contributed by atoms with Crippen LogP contribution in [-0.2, 0) is 9.53 Å². The molecule has 0 radical (unpaired) electrons. The number of allylic oxidation sites excluding steroid dienone is 3. The molecule has 36 heavy (non-hydrogen) atoms. The normalized spacial score (nSPS) is 19.0. The zero-order chi connectivity index (χ0) is 24.9. The molecule has 0 bridgehead atoms. The minimum absolute atomic E-state index is 0.186. The first-order valence-corrected chi connectivity index (χ1v) is 12.0. The lowest BCUT2D eigenvalue weighted by atomic mass is 9.97. The summed E-state index contributed by atoms with van der Waals surface area (Å²) in [6, 6.07) is 16.3. The van der Waals surface area contributed by atoms with Crippen molar-refractivity contribution in [3.63, 3.8) is 0 Å². The van der Waals surface area contributed by atoms with E-state index in [9.17, 15) is 4.79 Å². The fourth-order valence-electron chi connectivity index (χ4n) is 4.51. The van der Waals surface area contributed by atoms with E-state index >= 15 is 0 Å². The highest BCUT2D eigenvalue weighted by Crippen LogP contribution is 2.34. The molecule has 0 aromatic heterocycles. The van der Waals surface area contributed by atoms with Crippen molar-refractivity contribution in [3.8, 4) is 0 Å². The van der Waals surface area contributed by atoms with Gasteiger partial charge in [0, 0.05) is 55.1 Å². The van der Waals surface area contributed by atoms with Gasteiger partial charge in [0.2, 0.25) is 5.91 Å². The zero-order valence-corrected chi connectivity index (χ0v) is 20.1. The molecule has 4 N–H and O–H groups in total. The van der Waals surface area contributed by atoms with Crippen molar-refractivity contribution < 1.29 is 9.53 Å². The van der Waals surface area contributed by atoms with Gasteiger partial charge in [0.25, 0.3) is 0 Å². The maximum Gasteiger partial charge on any atom is 0.247 e. The van der Waals surface area contributed by atoms with E-state index in [1.165, 1.54) is 11.6 Å². The Morgan fingerprint density at radius 2 is 2.08 bits per heavy atom. The fraction of sp³-hybridized carbons (Fsp3) is 0.214. The molecule has 0 saturated carbocycles. The number of ether oxygens (including phenoxy) is 1. The summed E-state index contributed by atoms with van der Waals surface area (Å²) in [4.78, 5) is 18.5. The molecule has 8 nitrogen and oxygen atoms in total. The van der Waals surface area contributed by atoms with E-state index in [0.717, 1.165) is 41.2 Å². The predicted molar refractivity (Wildman–Crippen MR) is 145 cm³/mol. The number of nitrogens with two attached hydrogens (primary N) is 1. The number of anilines is 3. The number of hydrogen-bond acceptors (Lipinski definition) is 7. The SMILES string of the molecule is C=CC(=O)Nc1cccc(C2=CC3=CN=CCC3=CN2Nc2ccc(N3CCOC[C@@H]3CN)cc2)c1. The van der Waals surface area contributed by atoms with Crippen LogP contribution < -0.4 is 21.4 Å². The molecule has 1 saturated heterocycles. The lowest BCUT2D eigenvalue weighted by molar-refractivity contribution is -0.111. The van der Waals surface area contributed by atoms with Crippen molar-refractivity contribution in [2.75, 3.05) is 41.9 Å². The van der Waals surface area contributed by atoms with Crippen molar-refractivity contribution in [1.82, 2.24) is 5.01 Å². The maximum atomic E-state index is 11.8. The van der Waals surface area contributed by atoms with Gasteiger partial charge in [-0.05, 0) is 59.7 Å². The highest BCUT2D eigenvalue weighted by molar-refractivity contribution is 5.99. The molecule has 0 spiro atoms. The van der Waals surface area contributed by atoms with E-state index in [0.29, 0.717) is 25.4 Å². The number of fused-ring (bicyclic) bond motifs is 1. The number of nitrogens with one attached hydrogen (secondary N) is 2. The summed E-state index contributed by atoms with van der Waals surface area (Å²) in [7, 11) is 0. The summed E-state index contributed by atoms with van der Waals surface area (Å²) in [6.07, 6.45) is 10.0. The van der Waals surface area contributed by atoms with Crippen LogP contribution in [0.4, 0.5) is 17.1 Å². The first kappa shape index (κ1) is 23.6. The molecule has 2 aromatic rings. The summed E-state index contributed by atoms with van der Waals surface area (Å²) in [5.74, 6) is -0.247. The van der Waals surface area contributed by atoms with Gasteiger partial charge in [0.05, 0.1) is 30.6 Å². The van der Waals surface area contributed by atoms with Crippen molar-refractivity contribution in [3.05, 3.63) is 96.4 Å². The highest BCUT2D eigenvalue weighted by atomic mass is 16.5. The van der Waals surface area contributed by atoms with Crippen LogP contribution >= 0.6 is 0 Å². The average Bonchev–Trinajstić information content (AvgIpc) is 2.93. The van der Waals surface area contributed by atoms with E-state index in [1.54, 1.807) is 0 Å². The summed E-state index contributed by atoms with van der Waals surface area (Å²) in [6.45, 7) is 6.27. The predicted octanol–water partition coefficient (Wildman–Crippen LogP) is 3.90. The number of morpholine rings is 1.